The van der Waals surface area contributed by atoms with Gasteiger partial charge < -0.3 is 10.1 Å². The van der Waals surface area contributed by atoms with E-state index in [2.05, 4.69) is 12.2 Å². The maximum Gasteiger partial charge on any atom is 0.0480 e. The van der Waals surface area contributed by atoms with E-state index < -0.39 is 0 Å². The van der Waals surface area contributed by atoms with Crippen molar-refractivity contribution in [3.63, 3.8) is 0 Å². The van der Waals surface area contributed by atoms with Crippen molar-refractivity contribution in [3.8, 4) is 0 Å². The van der Waals surface area contributed by atoms with Crippen LogP contribution in [0.5, 0.6) is 0 Å². The summed E-state index contributed by atoms with van der Waals surface area (Å²) in [5.74, 6) is 1.96. The summed E-state index contributed by atoms with van der Waals surface area (Å²) in [6.07, 6.45) is 9.66. The third-order valence-corrected chi connectivity index (χ3v) is 4.39. The molecular weight excluding hydrogens is 198 g/mol. The molecule has 0 aromatic rings. The van der Waals surface area contributed by atoms with Crippen molar-refractivity contribution in [2.45, 2.75) is 57.9 Å². The van der Waals surface area contributed by atoms with Crippen LogP contribution in [0.4, 0.5) is 0 Å². The Morgan fingerprint density at radius 1 is 1.06 bits per heavy atom. The van der Waals surface area contributed by atoms with E-state index in [1.807, 2.05) is 0 Å². The van der Waals surface area contributed by atoms with Crippen molar-refractivity contribution in [1.29, 1.82) is 0 Å². The van der Waals surface area contributed by atoms with E-state index >= 15 is 0 Å². The summed E-state index contributed by atoms with van der Waals surface area (Å²) in [6, 6.07) is 0.732. The van der Waals surface area contributed by atoms with Crippen LogP contribution in [0.3, 0.4) is 0 Å². The van der Waals surface area contributed by atoms with Crippen LogP contribution in [0, 0.1) is 11.8 Å². The number of ether oxygens (including phenoxy) is 1. The van der Waals surface area contributed by atoms with Gasteiger partial charge in [0, 0.05) is 19.3 Å². The van der Waals surface area contributed by atoms with Gasteiger partial charge in [0.25, 0.3) is 0 Å². The molecule has 1 heterocycles. The second-order valence-electron chi connectivity index (χ2n) is 5.60. The molecule has 2 fully saturated rings. The Hall–Kier alpha value is -0.0800. The Bertz CT molecular complexity index is 189. The molecule has 2 nitrogen and oxygen atoms in total. The Morgan fingerprint density at radius 3 is 2.56 bits per heavy atom. The lowest BCUT2D eigenvalue weighted by Crippen LogP contribution is -2.38. The molecule has 1 saturated heterocycles. The first-order chi connectivity index (χ1) is 7.88. The Balaban J connectivity index is 1.64. The van der Waals surface area contributed by atoms with Crippen LogP contribution in [0.2, 0.25) is 0 Å². The molecule has 0 amide bonds. The fourth-order valence-electron chi connectivity index (χ4n) is 3.19. The summed E-state index contributed by atoms with van der Waals surface area (Å²) in [6.45, 7) is 5.51. The van der Waals surface area contributed by atoms with Crippen LogP contribution in [-0.4, -0.2) is 25.8 Å². The van der Waals surface area contributed by atoms with Gasteiger partial charge in [0.15, 0.2) is 0 Å². The fourth-order valence-corrected chi connectivity index (χ4v) is 3.19. The van der Waals surface area contributed by atoms with E-state index in [1.54, 1.807) is 0 Å². The average Bonchev–Trinajstić information content (AvgIpc) is 2.38. The lowest BCUT2D eigenvalue weighted by molar-refractivity contribution is 0.0757. The summed E-state index contributed by atoms with van der Waals surface area (Å²) in [5, 5.41) is 3.76. The summed E-state index contributed by atoms with van der Waals surface area (Å²) in [5.41, 5.74) is 0. The zero-order valence-electron chi connectivity index (χ0n) is 10.7. The molecule has 0 unspecified atom stereocenters. The van der Waals surface area contributed by atoms with Gasteiger partial charge in [-0.2, -0.15) is 0 Å². The van der Waals surface area contributed by atoms with Crippen molar-refractivity contribution in [1.82, 2.24) is 5.32 Å². The van der Waals surface area contributed by atoms with E-state index in [-0.39, 0.29) is 0 Å². The average molecular weight is 225 g/mol. The SMILES string of the molecule is CC[C@@H]1CCC[C@@H](CNC2CCOCC2)C1. The van der Waals surface area contributed by atoms with E-state index in [1.165, 1.54) is 51.5 Å². The monoisotopic (exact) mass is 225 g/mol. The van der Waals surface area contributed by atoms with E-state index in [0.717, 1.165) is 31.1 Å². The molecule has 0 spiro atoms. The second kappa shape index (κ2) is 6.61. The molecule has 0 bridgehead atoms. The molecule has 0 aromatic carbocycles. The summed E-state index contributed by atoms with van der Waals surface area (Å²) in [7, 11) is 0. The first-order valence-corrected chi connectivity index (χ1v) is 7.19. The molecule has 2 heteroatoms. The minimum atomic E-state index is 0.732. The van der Waals surface area contributed by atoms with Crippen LogP contribution >= 0.6 is 0 Å². The largest absolute Gasteiger partial charge is 0.381 e. The predicted octanol–water partition coefficient (Wildman–Crippen LogP) is 2.97. The lowest BCUT2D eigenvalue weighted by atomic mass is 9.80. The molecular formula is C14H27NO. The van der Waals surface area contributed by atoms with Crippen LogP contribution in [0.15, 0.2) is 0 Å². The first kappa shape index (κ1) is 12.4. The van der Waals surface area contributed by atoms with Crippen molar-refractivity contribution in [2.24, 2.45) is 11.8 Å². The van der Waals surface area contributed by atoms with Crippen LogP contribution in [0.1, 0.15) is 51.9 Å². The van der Waals surface area contributed by atoms with Crippen molar-refractivity contribution in [2.75, 3.05) is 19.8 Å². The van der Waals surface area contributed by atoms with Gasteiger partial charge in [-0.3, -0.25) is 0 Å². The molecule has 16 heavy (non-hydrogen) atoms. The molecule has 0 aromatic heterocycles. The Labute approximate surface area is 100 Å². The lowest BCUT2D eigenvalue weighted by Gasteiger charge is -2.31. The zero-order chi connectivity index (χ0) is 11.2. The zero-order valence-corrected chi connectivity index (χ0v) is 10.7. The molecule has 1 N–H and O–H groups in total. The van der Waals surface area contributed by atoms with Gasteiger partial charge >= 0.3 is 0 Å². The molecule has 1 aliphatic carbocycles. The van der Waals surface area contributed by atoms with E-state index in [0.29, 0.717) is 0 Å². The highest BCUT2D eigenvalue weighted by atomic mass is 16.5. The van der Waals surface area contributed by atoms with Gasteiger partial charge in [0.1, 0.15) is 0 Å². The predicted molar refractivity (Wildman–Crippen MR) is 67.6 cm³/mol. The molecule has 1 aliphatic heterocycles. The highest BCUT2D eigenvalue weighted by Crippen LogP contribution is 2.30. The Morgan fingerprint density at radius 2 is 1.81 bits per heavy atom. The van der Waals surface area contributed by atoms with Crippen molar-refractivity contribution >= 4 is 0 Å². The number of hydrogen-bond donors (Lipinski definition) is 1. The summed E-state index contributed by atoms with van der Waals surface area (Å²) < 4.78 is 5.39. The highest BCUT2D eigenvalue weighted by molar-refractivity contribution is 4.77. The third-order valence-electron chi connectivity index (χ3n) is 4.39. The number of hydrogen-bond acceptors (Lipinski definition) is 2. The molecule has 0 radical (unpaired) electrons. The maximum absolute atomic E-state index is 5.39. The molecule has 2 aliphatic rings. The van der Waals surface area contributed by atoms with Gasteiger partial charge in [0.05, 0.1) is 0 Å². The Kier molecular flexibility index (Phi) is 5.11. The van der Waals surface area contributed by atoms with Gasteiger partial charge in [-0.05, 0) is 44.1 Å². The number of nitrogens with one attached hydrogen (secondary N) is 1. The topological polar surface area (TPSA) is 21.3 Å². The smallest absolute Gasteiger partial charge is 0.0480 e. The van der Waals surface area contributed by atoms with Gasteiger partial charge in [-0.15, -0.1) is 0 Å². The fraction of sp³-hybridized carbons (Fsp3) is 1.00. The highest BCUT2D eigenvalue weighted by Gasteiger charge is 2.22. The third kappa shape index (κ3) is 3.74. The van der Waals surface area contributed by atoms with Crippen LogP contribution in [0.25, 0.3) is 0 Å². The maximum atomic E-state index is 5.39. The second-order valence-corrected chi connectivity index (χ2v) is 5.60. The summed E-state index contributed by atoms with van der Waals surface area (Å²) in [4.78, 5) is 0. The van der Waals surface area contributed by atoms with E-state index in [4.69, 9.17) is 4.74 Å². The first-order valence-electron chi connectivity index (χ1n) is 7.19. The van der Waals surface area contributed by atoms with Crippen LogP contribution in [-0.2, 0) is 4.74 Å². The standard InChI is InChI=1S/C14H27NO/c1-2-12-4-3-5-13(10-12)11-15-14-6-8-16-9-7-14/h12-15H,2-11H2,1H3/t12-,13-/m1/s1. The van der Waals surface area contributed by atoms with E-state index in [9.17, 15) is 0 Å². The van der Waals surface area contributed by atoms with Gasteiger partial charge in [-0.1, -0.05) is 26.2 Å². The summed E-state index contributed by atoms with van der Waals surface area (Å²) >= 11 is 0. The number of rotatable bonds is 4. The van der Waals surface area contributed by atoms with Gasteiger partial charge in [0.2, 0.25) is 0 Å². The molecule has 2 atom stereocenters. The quantitative estimate of drug-likeness (QED) is 0.794. The minimum Gasteiger partial charge on any atom is -0.381 e. The van der Waals surface area contributed by atoms with Crippen molar-refractivity contribution in [3.05, 3.63) is 0 Å². The minimum absolute atomic E-state index is 0.732. The molecule has 94 valence electrons. The molecule has 1 saturated carbocycles. The molecule has 2 rings (SSSR count). The van der Waals surface area contributed by atoms with Crippen molar-refractivity contribution < 1.29 is 4.74 Å². The van der Waals surface area contributed by atoms with Gasteiger partial charge in [-0.25, -0.2) is 0 Å². The normalized spacial score (nSPS) is 32.8. The van der Waals surface area contributed by atoms with Crippen LogP contribution < -0.4 is 5.32 Å².